The first-order valence-corrected chi connectivity index (χ1v) is 9.62. The number of rotatable bonds is 6. The third kappa shape index (κ3) is 4.36. The van der Waals surface area contributed by atoms with Crippen LogP contribution in [-0.2, 0) is 10.2 Å². The van der Waals surface area contributed by atoms with Gasteiger partial charge in [0, 0.05) is 36.3 Å². The zero-order valence-corrected chi connectivity index (χ0v) is 17.8. The van der Waals surface area contributed by atoms with Crippen LogP contribution in [0.3, 0.4) is 0 Å². The zero-order chi connectivity index (χ0) is 20.5. The Morgan fingerprint density at radius 1 is 1.21 bits per heavy atom. The van der Waals surface area contributed by atoms with Crippen molar-refractivity contribution in [1.29, 1.82) is 0 Å². The number of anilines is 2. The summed E-state index contributed by atoms with van der Waals surface area (Å²) in [6.07, 6.45) is 1.94. The molecule has 0 aliphatic heterocycles. The van der Waals surface area contributed by atoms with Crippen LogP contribution >= 0.6 is 11.3 Å². The van der Waals surface area contributed by atoms with Crippen LogP contribution in [0.2, 0.25) is 0 Å². The van der Waals surface area contributed by atoms with Crippen LogP contribution in [0.5, 0.6) is 11.5 Å². The molecule has 0 aliphatic rings. The Morgan fingerprint density at radius 2 is 1.86 bits per heavy atom. The number of nitrogens with zero attached hydrogens (tertiary/aromatic N) is 4. The second kappa shape index (κ2) is 7.67. The molecule has 1 N–H and O–H groups in total. The van der Waals surface area contributed by atoms with E-state index in [2.05, 4.69) is 36.2 Å². The van der Waals surface area contributed by atoms with Crippen LogP contribution < -0.4 is 19.7 Å². The van der Waals surface area contributed by atoms with Crippen molar-refractivity contribution >= 4 is 33.0 Å². The first-order chi connectivity index (χ1) is 13.2. The zero-order valence-electron chi connectivity index (χ0n) is 16.9. The number of carbonyl (C=O) groups is 1. The van der Waals surface area contributed by atoms with Gasteiger partial charge in [-0.1, -0.05) is 32.1 Å². The average Bonchev–Trinajstić information content (AvgIpc) is 3.20. The Kier molecular flexibility index (Phi) is 5.46. The molecule has 28 heavy (non-hydrogen) atoms. The molecule has 0 saturated heterocycles. The van der Waals surface area contributed by atoms with E-state index < -0.39 is 0 Å². The van der Waals surface area contributed by atoms with E-state index in [-0.39, 0.29) is 17.9 Å². The Bertz CT molecular complexity index is 936. The van der Waals surface area contributed by atoms with Gasteiger partial charge in [0.2, 0.25) is 16.0 Å². The molecule has 8 nitrogen and oxygen atoms in total. The predicted octanol–water partition coefficient (Wildman–Crippen LogP) is 3.18. The molecule has 150 valence electrons. The van der Waals surface area contributed by atoms with Crippen LogP contribution in [0.1, 0.15) is 26.5 Å². The highest BCUT2D eigenvalue weighted by atomic mass is 32.1. The van der Waals surface area contributed by atoms with Gasteiger partial charge >= 0.3 is 0 Å². The topological polar surface area (TPSA) is 81.0 Å². The maximum absolute atomic E-state index is 12.5. The molecular weight excluding hydrogens is 378 g/mol. The van der Waals surface area contributed by atoms with E-state index in [4.69, 9.17) is 9.47 Å². The van der Waals surface area contributed by atoms with Crippen LogP contribution in [0.4, 0.5) is 10.8 Å². The molecule has 0 radical (unpaired) electrons. The van der Waals surface area contributed by atoms with E-state index in [1.54, 1.807) is 41.8 Å². The average molecular weight is 404 g/mol. The van der Waals surface area contributed by atoms with Crippen molar-refractivity contribution < 1.29 is 14.3 Å². The highest BCUT2D eigenvalue weighted by Gasteiger charge is 2.20. The van der Waals surface area contributed by atoms with E-state index >= 15 is 0 Å². The summed E-state index contributed by atoms with van der Waals surface area (Å²) in [4.78, 5) is 19.7. The minimum Gasteiger partial charge on any atom is -0.497 e. The highest BCUT2D eigenvalue weighted by molar-refractivity contribution is 7.20. The summed E-state index contributed by atoms with van der Waals surface area (Å²) >= 11 is 1.45. The summed E-state index contributed by atoms with van der Waals surface area (Å²) in [5.41, 5.74) is 1.57. The summed E-state index contributed by atoms with van der Waals surface area (Å²) in [5.74, 6) is 1.05. The lowest BCUT2D eigenvalue weighted by Crippen LogP contribution is -2.30. The van der Waals surface area contributed by atoms with Crippen LogP contribution in [0.25, 0.3) is 4.96 Å². The molecule has 3 rings (SSSR count). The van der Waals surface area contributed by atoms with Crippen LogP contribution in [-0.4, -0.2) is 48.3 Å². The molecular formula is C19H25N5O3S. The van der Waals surface area contributed by atoms with E-state index in [0.717, 1.165) is 15.8 Å². The summed E-state index contributed by atoms with van der Waals surface area (Å²) < 4.78 is 12.2. The maximum atomic E-state index is 12.5. The highest BCUT2D eigenvalue weighted by Crippen LogP contribution is 2.28. The van der Waals surface area contributed by atoms with Gasteiger partial charge in [0.1, 0.15) is 11.5 Å². The molecule has 0 saturated carbocycles. The normalized spacial score (nSPS) is 11.5. The smallest absolute Gasteiger partial charge is 0.243 e. The number of fused-ring (bicyclic) bond motifs is 1. The molecule has 2 heterocycles. The number of hydrogen-bond donors (Lipinski definition) is 1. The number of imidazole rings is 1. The Labute approximate surface area is 168 Å². The summed E-state index contributed by atoms with van der Waals surface area (Å²) in [7, 11) is 4.96. The largest absolute Gasteiger partial charge is 0.497 e. The quantitative estimate of drug-likeness (QED) is 0.681. The second-order valence-corrected chi connectivity index (χ2v) is 8.43. The van der Waals surface area contributed by atoms with Crippen molar-refractivity contribution in [2.75, 3.05) is 38.0 Å². The number of likely N-dealkylation sites (N-methyl/N-ethyl adjacent to an activating group) is 1. The predicted molar refractivity (Wildman–Crippen MR) is 111 cm³/mol. The molecule has 0 fully saturated rings. The van der Waals surface area contributed by atoms with Gasteiger partial charge in [0.25, 0.3) is 0 Å². The van der Waals surface area contributed by atoms with Gasteiger partial charge in [0.05, 0.1) is 32.7 Å². The van der Waals surface area contributed by atoms with Crippen LogP contribution in [0.15, 0.2) is 24.4 Å². The number of amides is 1. The number of aromatic nitrogens is 3. The van der Waals surface area contributed by atoms with Crippen molar-refractivity contribution in [2.45, 2.75) is 26.2 Å². The second-order valence-electron chi connectivity index (χ2n) is 7.49. The standard InChI is InChI=1S/C19H25N5O3S/c1-19(2,3)15-10-24-17(21-15)28-18(22-24)23(4)11-16(25)20-12-7-13(26-5)9-14(8-12)27-6/h7-10H,11H2,1-6H3,(H,20,25). The Balaban J connectivity index is 1.69. The van der Waals surface area contributed by atoms with Crippen molar-refractivity contribution in [3.8, 4) is 11.5 Å². The third-order valence-corrected chi connectivity index (χ3v) is 5.18. The Hall–Kier alpha value is -2.81. The summed E-state index contributed by atoms with van der Waals surface area (Å²) in [6, 6.07) is 5.23. The van der Waals surface area contributed by atoms with E-state index in [0.29, 0.717) is 17.2 Å². The van der Waals surface area contributed by atoms with Crippen molar-refractivity contribution in [2.24, 2.45) is 0 Å². The van der Waals surface area contributed by atoms with Gasteiger partial charge in [-0.3, -0.25) is 4.79 Å². The van der Waals surface area contributed by atoms with Crippen molar-refractivity contribution in [1.82, 2.24) is 14.6 Å². The first-order valence-electron chi connectivity index (χ1n) is 8.80. The number of benzene rings is 1. The van der Waals surface area contributed by atoms with Gasteiger partial charge in [-0.25, -0.2) is 9.50 Å². The molecule has 0 spiro atoms. The number of hydrogen-bond acceptors (Lipinski definition) is 7. The van der Waals surface area contributed by atoms with E-state index in [1.165, 1.54) is 11.3 Å². The van der Waals surface area contributed by atoms with E-state index in [1.807, 2.05) is 13.2 Å². The fourth-order valence-corrected chi connectivity index (χ4v) is 3.41. The lowest BCUT2D eigenvalue weighted by molar-refractivity contribution is -0.114. The van der Waals surface area contributed by atoms with Gasteiger partial charge < -0.3 is 19.7 Å². The molecule has 3 aromatic rings. The SMILES string of the molecule is COc1cc(NC(=O)CN(C)c2nn3cc(C(C)(C)C)nc3s2)cc(OC)c1. The van der Waals surface area contributed by atoms with Gasteiger partial charge in [0.15, 0.2) is 0 Å². The molecule has 0 unspecified atom stereocenters. The molecule has 0 atom stereocenters. The molecule has 2 aromatic heterocycles. The minimum absolute atomic E-state index is 0.0306. The van der Waals surface area contributed by atoms with Crippen molar-refractivity contribution in [3.05, 3.63) is 30.1 Å². The van der Waals surface area contributed by atoms with Gasteiger partial charge in [-0.15, -0.1) is 5.10 Å². The molecule has 9 heteroatoms. The monoisotopic (exact) mass is 403 g/mol. The number of carbonyl (C=O) groups excluding carboxylic acids is 1. The third-order valence-electron chi connectivity index (χ3n) is 4.14. The van der Waals surface area contributed by atoms with Crippen LogP contribution in [0, 0.1) is 0 Å². The summed E-state index contributed by atoms with van der Waals surface area (Å²) in [6.45, 7) is 6.50. The van der Waals surface area contributed by atoms with Gasteiger partial charge in [-0.05, 0) is 0 Å². The Morgan fingerprint density at radius 3 is 2.39 bits per heavy atom. The number of methoxy groups -OCH3 is 2. The lowest BCUT2D eigenvalue weighted by atomic mass is 9.93. The molecule has 0 bridgehead atoms. The van der Waals surface area contributed by atoms with Gasteiger partial charge in [-0.2, -0.15) is 0 Å². The number of ether oxygens (including phenoxy) is 2. The summed E-state index contributed by atoms with van der Waals surface area (Å²) in [5, 5.41) is 8.13. The maximum Gasteiger partial charge on any atom is 0.243 e. The lowest BCUT2D eigenvalue weighted by Gasteiger charge is -2.16. The molecule has 1 amide bonds. The number of nitrogens with one attached hydrogen (secondary N) is 1. The molecule has 1 aromatic carbocycles. The van der Waals surface area contributed by atoms with E-state index in [9.17, 15) is 4.79 Å². The first kappa shape index (κ1) is 19.9. The molecule has 0 aliphatic carbocycles. The minimum atomic E-state index is -0.166. The fraction of sp³-hybridized carbons (Fsp3) is 0.421. The van der Waals surface area contributed by atoms with Crippen molar-refractivity contribution in [3.63, 3.8) is 0 Å². The fourth-order valence-electron chi connectivity index (χ4n) is 2.57.